The van der Waals surface area contributed by atoms with Gasteiger partial charge in [-0.1, -0.05) is 6.07 Å². The van der Waals surface area contributed by atoms with Gasteiger partial charge in [0.05, 0.1) is 10.6 Å². The van der Waals surface area contributed by atoms with Crippen LogP contribution in [-0.2, 0) is 9.59 Å². The number of carbonyl (C=O) groups excluding carboxylic acids is 3. The minimum absolute atomic E-state index is 0.0832. The van der Waals surface area contributed by atoms with Crippen molar-refractivity contribution in [3.63, 3.8) is 0 Å². The number of nitro benzene ring substituents is 1. The monoisotopic (exact) mass is 509 g/mol. The first-order valence-electron chi connectivity index (χ1n) is 9.68. The Morgan fingerprint density at radius 3 is 2.36 bits per heavy atom. The molecule has 1 aliphatic heterocycles. The smallest absolute Gasteiger partial charge is 0.335 e. The molecule has 0 aliphatic carbocycles. The summed E-state index contributed by atoms with van der Waals surface area (Å²) in [6, 6.07) is 11.8. The topological polar surface area (TPSA) is 123 Å². The number of carbonyl (C=O) groups is 3. The number of hydrogen-bond acceptors (Lipinski definition) is 6. The number of anilines is 1. The van der Waals surface area contributed by atoms with E-state index < -0.39 is 22.8 Å². The molecule has 1 aromatic heterocycles. The standard InChI is InChI=1S/C23H16BrN3O6/c1-12-7-13(2)9-15(8-12)26-22(29)18(21(28)25-23(26)30)11-16-4-6-20(33-16)17-5-3-14(27(31)32)10-19(17)24/h3-11H,1-2H3,(H,25,28,30). The molecule has 0 saturated carbocycles. The summed E-state index contributed by atoms with van der Waals surface area (Å²) in [4.78, 5) is 49.2. The van der Waals surface area contributed by atoms with E-state index in [0.29, 0.717) is 21.5 Å². The first-order valence-corrected chi connectivity index (χ1v) is 10.5. The van der Waals surface area contributed by atoms with E-state index in [1.807, 2.05) is 19.9 Å². The number of hydrogen-bond donors (Lipinski definition) is 1. The van der Waals surface area contributed by atoms with Crippen LogP contribution in [0.4, 0.5) is 16.2 Å². The summed E-state index contributed by atoms with van der Waals surface area (Å²) in [6.45, 7) is 3.68. The van der Waals surface area contributed by atoms with Crippen molar-refractivity contribution in [2.24, 2.45) is 0 Å². The lowest BCUT2D eigenvalue weighted by Crippen LogP contribution is -2.54. The second-order valence-corrected chi connectivity index (χ2v) is 8.28. The van der Waals surface area contributed by atoms with Crippen molar-refractivity contribution in [3.05, 3.63) is 85.6 Å². The van der Waals surface area contributed by atoms with Crippen molar-refractivity contribution >= 4 is 51.2 Å². The first kappa shape index (κ1) is 22.2. The molecule has 4 rings (SSSR count). The van der Waals surface area contributed by atoms with Crippen molar-refractivity contribution in [1.82, 2.24) is 5.32 Å². The summed E-state index contributed by atoms with van der Waals surface area (Å²) in [5.74, 6) is -1.04. The fourth-order valence-electron chi connectivity index (χ4n) is 3.51. The van der Waals surface area contributed by atoms with Crippen LogP contribution in [0.2, 0.25) is 0 Å². The predicted octanol–water partition coefficient (Wildman–Crippen LogP) is 4.90. The molecule has 0 bridgehead atoms. The third-order valence-electron chi connectivity index (χ3n) is 4.91. The largest absolute Gasteiger partial charge is 0.457 e. The SMILES string of the molecule is Cc1cc(C)cc(N2C(=O)NC(=O)C(=Cc3ccc(-c4ccc([N+](=O)[O-])cc4Br)o3)C2=O)c1. The Morgan fingerprint density at radius 2 is 1.73 bits per heavy atom. The van der Waals surface area contributed by atoms with E-state index in [-0.39, 0.29) is 17.0 Å². The molecule has 1 aliphatic rings. The van der Waals surface area contributed by atoms with E-state index in [1.54, 1.807) is 24.3 Å². The van der Waals surface area contributed by atoms with Crippen LogP contribution >= 0.6 is 15.9 Å². The molecule has 4 amide bonds. The fraction of sp³-hybridized carbons (Fsp3) is 0.0870. The zero-order valence-electron chi connectivity index (χ0n) is 17.4. The highest BCUT2D eigenvalue weighted by atomic mass is 79.9. The minimum Gasteiger partial charge on any atom is -0.457 e. The van der Waals surface area contributed by atoms with Crippen LogP contribution in [-0.4, -0.2) is 22.8 Å². The summed E-state index contributed by atoms with van der Waals surface area (Å²) < 4.78 is 6.19. The summed E-state index contributed by atoms with van der Waals surface area (Å²) in [7, 11) is 0. The van der Waals surface area contributed by atoms with Crippen LogP contribution in [0, 0.1) is 24.0 Å². The van der Waals surface area contributed by atoms with Gasteiger partial charge in [0, 0.05) is 22.2 Å². The van der Waals surface area contributed by atoms with Crippen molar-refractivity contribution in [3.8, 4) is 11.3 Å². The highest BCUT2D eigenvalue weighted by Crippen LogP contribution is 2.33. The summed E-state index contributed by atoms with van der Waals surface area (Å²) >= 11 is 3.29. The number of non-ortho nitro benzene ring substituents is 1. The van der Waals surface area contributed by atoms with Crippen LogP contribution in [0.25, 0.3) is 17.4 Å². The van der Waals surface area contributed by atoms with Crippen LogP contribution in [0.15, 0.2) is 63.0 Å². The molecule has 2 heterocycles. The number of aryl methyl sites for hydroxylation is 2. The Morgan fingerprint density at radius 1 is 1.03 bits per heavy atom. The van der Waals surface area contributed by atoms with E-state index in [4.69, 9.17) is 4.42 Å². The number of nitrogens with one attached hydrogen (secondary N) is 1. The molecule has 1 saturated heterocycles. The highest BCUT2D eigenvalue weighted by molar-refractivity contribution is 9.10. The second-order valence-electron chi connectivity index (χ2n) is 7.43. The Bertz CT molecular complexity index is 1350. The van der Waals surface area contributed by atoms with Crippen LogP contribution in [0.1, 0.15) is 16.9 Å². The van der Waals surface area contributed by atoms with Gasteiger partial charge in [0.15, 0.2) is 0 Å². The summed E-state index contributed by atoms with van der Waals surface area (Å²) in [5, 5.41) is 13.1. The average Bonchev–Trinajstić information content (AvgIpc) is 3.18. The number of nitrogens with zero attached hydrogens (tertiary/aromatic N) is 2. The van der Waals surface area contributed by atoms with Gasteiger partial charge in [-0.15, -0.1) is 0 Å². The predicted molar refractivity (Wildman–Crippen MR) is 123 cm³/mol. The van der Waals surface area contributed by atoms with Crippen LogP contribution in [0.5, 0.6) is 0 Å². The molecule has 1 N–H and O–H groups in total. The van der Waals surface area contributed by atoms with Gasteiger partial charge < -0.3 is 4.42 Å². The molecule has 166 valence electrons. The molecule has 1 fully saturated rings. The number of amides is 4. The maximum atomic E-state index is 13.1. The highest BCUT2D eigenvalue weighted by Gasteiger charge is 2.37. The fourth-order valence-corrected chi connectivity index (χ4v) is 4.07. The summed E-state index contributed by atoms with van der Waals surface area (Å²) in [6.07, 6.45) is 1.25. The Kier molecular flexibility index (Phi) is 5.69. The third kappa shape index (κ3) is 4.33. The molecular formula is C23H16BrN3O6. The van der Waals surface area contributed by atoms with E-state index in [9.17, 15) is 24.5 Å². The second kappa shape index (κ2) is 8.47. The molecule has 0 radical (unpaired) electrons. The lowest BCUT2D eigenvalue weighted by molar-refractivity contribution is -0.384. The molecule has 2 aromatic carbocycles. The number of rotatable bonds is 4. The average molecular weight is 510 g/mol. The zero-order chi connectivity index (χ0) is 23.9. The molecular weight excluding hydrogens is 494 g/mol. The van der Waals surface area contributed by atoms with E-state index in [1.165, 1.54) is 24.3 Å². The quantitative estimate of drug-likeness (QED) is 0.231. The number of halogens is 1. The summed E-state index contributed by atoms with van der Waals surface area (Å²) in [5.41, 5.74) is 2.27. The lowest BCUT2D eigenvalue weighted by Gasteiger charge is -2.26. The number of nitro groups is 1. The number of barbiturate groups is 1. The van der Waals surface area contributed by atoms with Gasteiger partial charge >= 0.3 is 6.03 Å². The van der Waals surface area contributed by atoms with Gasteiger partial charge in [-0.3, -0.25) is 25.0 Å². The third-order valence-corrected chi connectivity index (χ3v) is 5.56. The number of imide groups is 2. The number of urea groups is 1. The van der Waals surface area contributed by atoms with Crippen molar-refractivity contribution < 1.29 is 23.7 Å². The van der Waals surface area contributed by atoms with Gasteiger partial charge in [-0.25, -0.2) is 9.69 Å². The van der Waals surface area contributed by atoms with Gasteiger partial charge in [0.2, 0.25) is 0 Å². The normalized spacial score (nSPS) is 15.2. The maximum Gasteiger partial charge on any atom is 0.335 e. The zero-order valence-corrected chi connectivity index (χ0v) is 19.0. The number of furan rings is 1. The molecule has 9 nitrogen and oxygen atoms in total. The van der Waals surface area contributed by atoms with Gasteiger partial charge in [-0.05, 0) is 77.3 Å². The Labute approximate surface area is 196 Å². The maximum absolute atomic E-state index is 13.1. The van der Waals surface area contributed by atoms with E-state index in [0.717, 1.165) is 16.0 Å². The van der Waals surface area contributed by atoms with E-state index >= 15 is 0 Å². The van der Waals surface area contributed by atoms with E-state index in [2.05, 4.69) is 21.2 Å². The van der Waals surface area contributed by atoms with Gasteiger partial charge in [0.25, 0.3) is 17.5 Å². The first-order chi connectivity index (χ1) is 15.6. The van der Waals surface area contributed by atoms with Gasteiger partial charge in [0.1, 0.15) is 17.1 Å². The minimum atomic E-state index is -0.833. The molecule has 0 atom stereocenters. The Hall–Kier alpha value is -4.05. The molecule has 0 spiro atoms. The lowest BCUT2D eigenvalue weighted by atomic mass is 10.1. The van der Waals surface area contributed by atoms with Crippen LogP contribution in [0.3, 0.4) is 0 Å². The molecule has 33 heavy (non-hydrogen) atoms. The van der Waals surface area contributed by atoms with Crippen LogP contribution < -0.4 is 10.2 Å². The number of benzene rings is 2. The molecule has 0 unspecified atom stereocenters. The molecule has 3 aromatic rings. The van der Waals surface area contributed by atoms with Gasteiger partial charge in [-0.2, -0.15) is 0 Å². The van der Waals surface area contributed by atoms with Crippen molar-refractivity contribution in [2.75, 3.05) is 4.90 Å². The molecule has 10 heteroatoms. The van der Waals surface area contributed by atoms with Crippen molar-refractivity contribution in [2.45, 2.75) is 13.8 Å². The Balaban J connectivity index is 1.68. The van der Waals surface area contributed by atoms with Crippen molar-refractivity contribution in [1.29, 1.82) is 0 Å².